The van der Waals surface area contributed by atoms with Gasteiger partial charge in [0.15, 0.2) is 5.79 Å². The van der Waals surface area contributed by atoms with Gasteiger partial charge in [-0.2, -0.15) is 0 Å². The van der Waals surface area contributed by atoms with Crippen molar-refractivity contribution in [2.75, 3.05) is 13.7 Å². The smallest absolute Gasteiger partial charge is 0.267 e. The Hall–Kier alpha value is -1.01. The fraction of sp³-hybridized carbons (Fsp3) is 0.837. The third kappa shape index (κ3) is 21.3. The minimum absolute atomic E-state index is 0.179. The van der Waals surface area contributed by atoms with Gasteiger partial charge in [-0.3, -0.25) is 4.57 Å². The Morgan fingerprint density at radius 1 is 0.589 bits per heavy atom. The Morgan fingerprint density at radius 3 is 1.43 bits per heavy atom. The zero-order valence-electron chi connectivity index (χ0n) is 36.6. The maximum atomic E-state index is 11.5. The predicted molar refractivity (Wildman–Crippen MR) is 235 cm³/mol. The van der Waals surface area contributed by atoms with Gasteiger partial charge >= 0.3 is 0 Å². The highest BCUT2D eigenvalue weighted by Crippen LogP contribution is 2.61. The zero-order valence-corrected chi connectivity index (χ0v) is 37.5. The number of phosphoric ester groups is 1. The lowest BCUT2D eigenvalue weighted by Crippen LogP contribution is -2.53. The molecule has 1 aliphatic heterocycles. The van der Waals surface area contributed by atoms with E-state index < -0.39 is 7.82 Å². The van der Waals surface area contributed by atoms with Crippen molar-refractivity contribution in [2.45, 2.75) is 237 Å². The van der Waals surface area contributed by atoms with Gasteiger partial charge in [0.25, 0.3) is 7.82 Å². The topological polar surface area (TPSA) is 77.1 Å². The molecule has 0 aromatic heterocycles. The van der Waals surface area contributed by atoms with Crippen LogP contribution in [0.2, 0.25) is 0 Å². The Morgan fingerprint density at radius 2 is 1.00 bits per heavy atom. The van der Waals surface area contributed by atoms with E-state index in [-0.39, 0.29) is 24.6 Å². The number of ether oxygens (including phenoxy) is 2. The molecule has 3 aliphatic rings. The van der Waals surface area contributed by atoms with Crippen molar-refractivity contribution in [3.8, 4) is 0 Å². The van der Waals surface area contributed by atoms with Crippen LogP contribution in [0.4, 0.5) is 0 Å². The van der Waals surface area contributed by atoms with E-state index in [4.69, 9.17) is 14.0 Å². The van der Waals surface area contributed by atoms with E-state index in [0.29, 0.717) is 17.8 Å². The molecular formula is C49H86O6P-. The van der Waals surface area contributed by atoms with Crippen LogP contribution in [0, 0.1) is 11.3 Å². The fourth-order valence-electron chi connectivity index (χ4n) is 9.43. The molecule has 1 saturated heterocycles. The second-order valence-electron chi connectivity index (χ2n) is 17.7. The highest BCUT2D eigenvalue weighted by Gasteiger charge is 2.62. The lowest BCUT2D eigenvalue weighted by Gasteiger charge is -2.54. The molecule has 6 nitrogen and oxygen atoms in total. The average Bonchev–Trinajstić information content (AvgIpc) is 3.72. The van der Waals surface area contributed by atoms with Gasteiger partial charge in [-0.05, 0) is 114 Å². The molecular weight excluding hydrogens is 716 g/mol. The minimum Gasteiger partial charge on any atom is -0.756 e. The van der Waals surface area contributed by atoms with Crippen molar-refractivity contribution in [1.82, 2.24) is 0 Å². The van der Waals surface area contributed by atoms with Crippen LogP contribution in [0.5, 0.6) is 0 Å². The van der Waals surface area contributed by atoms with Crippen LogP contribution in [0.25, 0.3) is 0 Å². The van der Waals surface area contributed by atoms with Gasteiger partial charge in [-0.15, -0.1) is 0 Å². The van der Waals surface area contributed by atoms with Crippen LogP contribution in [-0.2, 0) is 23.1 Å². The molecule has 4 atom stereocenters. The maximum Gasteiger partial charge on any atom is 0.267 e. The van der Waals surface area contributed by atoms with Gasteiger partial charge in [0.2, 0.25) is 0 Å². The van der Waals surface area contributed by atoms with Gasteiger partial charge in [0, 0.05) is 20.0 Å². The van der Waals surface area contributed by atoms with Gasteiger partial charge in [-0.1, -0.05) is 152 Å². The van der Waals surface area contributed by atoms with Crippen molar-refractivity contribution < 1.29 is 28.0 Å². The van der Waals surface area contributed by atoms with Crippen LogP contribution in [0.3, 0.4) is 0 Å². The van der Waals surface area contributed by atoms with E-state index >= 15 is 0 Å². The molecule has 0 N–H and O–H groups in total. The van der Waals surface area contributed by atoms with Crippen LogP contribution in [0.1, 0.15) is 219 Å². The van der Waals surface area contributed by atoms with Crippen LogP contribution in [-0.4, -0.2) is 31.7 Å². The van der Waals surface area contributed by atoms with E-state index in [9.17, 15) is 9.46 Å². The van der Waals surface area contributed by atoms with Crippen molar-refractivity contribution in [3.05, 3.63) is 48.6 Å². The standard InChI is InChI=1S/C49H87O6P/c1-4-6-8-10-12-14-16-18-20-22-24-26-28-30-32-34-38-48(39-35-33-31-29-27-25-23-21-19-17-15-13-11-9-7-5-2)43-49(44-48)54-46-41-45(42-47(46)55-49)37-36-40-53-56(50,51)52-3/h12-15,18-21,45-47H,4-11,16-17,22-44H2,1-3H3,(H,50,51)/p-1/b14-12-,15-13-,20-18-,21-19-/t45?,46-,47+. The van der Waals surface area contributed by atoms with E-state index in [2.05, 4.69) is 67.0 Å². The quantitative estimate of drug-likeness (QED) is 0.0357. The summed E-state index contributed by atoms with van der Waals surface area (Å²) < 4.78 is 34.3. The molecule has 0 bridgehead atoms. The second-order valence-corrected chi connectivity index (χ2v) is 19.2. The number of fused-ring (bicyclic) bond motifs is 1. The van der Waals surface area contributed by atoms with E-state index in [1.54, 1.807) is 0 Å². The molecule has 2 saturated carbocycles. The Kier molecular flexibility index (Phi) is 26.5. The molecule has 0 amide bonds. The second kappa shape index (κ2) is 30.1. The number of unbranched alkanes of at least 4 members (excludes halogenated alkanes) is 18. The first-order chi connectivity index (χ1) is 27.3. The zero-order chi connectivity index (χ0) is 40.1. The molecule has 324 valence electrons. The van der Waals surface area contributed by atoms with Crippen molar-refractivity contribution in [2.24, 2.45) is 11.3 Å². The maximum absolute atomic E-state index is 11.5. The summed E-state index contributed by atoms with van der Waals surface area (Å²) >= 11 is 0. The Balaban J connectivity index is 1.30. The minimum atomic E-state index is -4.14. The molecule has 56 heavy (non-hydrogen) atoms. The fourth-order valence-corrected chi connectivity index (χ4v) is 9.89. The average molecular weight is 802 g/mol. The first-order valence-electron chi connectivity index (χ1n) is 23.8. The van der Waals surface area contributed by atoms with Gasteiger partial charge in [-0.25, -0.2) is 0 Å². The molecule has 0 radical (unpaired) electrons. The molecule has 2 aliphatic carbocycles. The normalized spacial score (nSPS) is 22.7. The summed E-state index contributed by atoms with van der Waals surface area (Å²) in [5.74, 6) is 0.147. The molecule has 7 heteroatoms. The first-order valence-corrected chi connectivity index (χ1v) is 25.3. The number of allylic oxidation sites excluding steroid dienone is 8. The largest absolute Gasteiger partial charge is 0.756 e. The van der Waals surface area contributed by atoms with E-state index in [1.165, 1.54) is 154 Å². The number of rotatable bonds is 36. The highest BCUT2D eigenvalue weighted by molar-refractivity contribution is 7.45. The monoisotopic (exact) mass is 802 g/mol. The molecule has 3 rings (SSSR count). The van der Waals surface area contributed by atoms with Crippen LogP contribution < -0.4 is 4.89 Å². The molecule has 0 aromatic carbocycles. The predicted octanol–water partition coefficient (Wildman–Crippen LogP) is 15.0. The van der Waals surface area contributed by atoms with Gasteiger partial charge < -0.3 is 23.4 Å². The Labute approximate surface area is 345 Å². The van der Waals surface area contributed by atoms with Crippen molar-refractivity contribution in [1.29, 1.82) is 0 Å². The van der Waals surface area contributed by atoms with Gasteiger partial charge in [0.1, 0.15) is 0 Å². The lowest BCUT2D eigenvalue weighted by molar-refractivity contribution is -0.281. The number of hydrogen-bond donors (Lipinski definition) is 0. The molecule has 1 spiro atoms. The van der Waals surface area contributed by atoms with Gasteiger partial charge in [0.05, 0.1) is 18.8 Å². The molecule has 0 aromatic rings. The van der Waals surface area contributed by atoms with Crippen molar-refractivity contribution >= 4 is 7.82 Å². The summed E-state index contributed by atoms with van der Waals surface area (Å²) in [6.45, 7) is 4.71. The number of phosphoric acid groups is 1. The van der Waals surface area contributed by atoms with E-state index in [1.807, 2.05) is 0 Å². The third-order valence-electron chi connectivity index (χ3n) is 12.6. The highest BCUT2D eigenvalue weighted by atomic mass is 31.2. The van der Waals surface area contributed by atoms with E-state index in [0.717, 1.165) is 52.1 Å². The van der Waals surface area contributed by atoms with Crippen LogP contribution in [0.15, 0.2) is 48.6 Å². The summed E-state index contributed by atoms with van der Waals surface area (Å²) in [6, 6.07) is 0. The first kappa shape index (κ1) is 49.4. The number of hydrogen-bond acceptors (Lipinski definition) is 6. The molecule has 1 heterocycles. The third-order valence-corrected chi connectivity index (χ3v) is 13.6. The summed E-state index contributed by atoms with van der Waals surface area (Å²) in [7, 11) is -3.00. The summed E-state index contributed by atoms with van der Waals surface area (Å²) in [4.78, 5) is 11.5. The summed E-state index contributed by atoms with van der Waals surface area (Å²) in [5, 5.41) is 0. The SMILES string of the molecule is CCCCC/C=C\C/C=C\CCCCCCCCC1(CCCCCCCC/C=C\C/C=C\CCCCC)CC2(C1)O[C@H]1CC(CCCOP(=O)([O-])OC)C[C@H]1O2. The summed E-state index contributed by atoms with van der Waals surface area (Å²) in [6.07, 6.45) is 58.8. The Bertz CT molecular complexity index is 1070. The van der Waals surface area contributed by atoms with Crippen LogP contribution >= 0.6 is 7.82 Å². The summed E-state index contributed by atoms with van der Waals surface area (Å²) in [5.41, 5.74) is 0.382. The van der Waals surface area contributed by atoms with Crippen molar-refractivity contribution in [3.63, 3.8) is 0 Å². The molecule has 2 unspecified atom stereocenters. The molecule has 3 fully saturated rings. The lowest BCUT2D eigenvalue weighted by atomic mass is 9.59.